The van der Waals surface area contributed by atoms with Gasteiger partial charge in [-0.15, -0.1) is 11.3 Å². The van der Waals surface area contributed by atoms with Gasteiger partial charge in [0, 0.05) is 43.6 Å². The number of aryl methyl sites for hydroxylation is 1. The van der Waals surface area contributed by atoms with Crippen molar-refractivity contribution in [3.63, 3.8) is 0 Å². The zero-order valence-electron chi connectivity index (χ0n) is 11.7. The number of amides is 1. The number of nitrogens with zero attached hydrogens (tertiary/aromatic N) is 1. The van der Waals surface area contributed by atoms with Crippen LogP contribution in [0.4, 0.5) is 0 Å². The fourth-order valence-corrected chi connectivity index (χ4v) is 2.89. The Labute approximate surface area is 122 Å². The maximum Gasteiger partial charge on any atom is 0.223 e. The second-order valence-electron chi connectivity index (χ2n) is 5.11. The van der Waals surface area contributed by atoms with Gasteiger partial charge < -0.3 is 4.90 Å². The number of Topliss-reactive ketones (excluding diaryl/α,β-unsaturated/α-hetero) is 2. The molecule has 20 heavy (non-hydrogen) atoms. The van der Waals surface area contributed by atoms with Crippen LogP contribution < -0.4 is 0 Å². The first-order valence-electron chi connectivity index (χ1n) is 6.95. The molecular weight excluding hydrogens is 274 g/mol. The van der Waals surface area contributed by atoms with Crippen LogP contribution in [0.2, 0.25) is 0 Å². The van der Waals surface area contributed by atoms with Crippen molar-refractivity contribution in [3.8, 4) is 0 Å². The Kier molecular flexibility index (Phi) is 5.06. The van der Waals surface area contributed by atoms with Gasteiger partial charge in [0.25, 0.3) is 0 Å². The van der Waals surface area contributed by atoms with Gasteiger partial charge in [-0.25, -0.2) is 0 Å². The van der Waals surface area contributed by atoms with Gasteiger partial charge in [0.1, 0.15) is 5.78 Å². The Balaban J connectivity index is 1.67. The van der Waals surface area contributed by atoms with Crippen molar-refractivity contribution < 1.29 is 14.4 Å². The Bertz CT molecular complexity index is 517. The fourth-order valence-electron chi connectivity index (χ4n) is 2.06. The van der Waals surface area contributed by atoms with Crippen LogP contribution in [0.3, 0.4) is 0 Å². The third kappa shape index (κ3) is 4.00. The molecule has 0 radical (unpaired) electrons. The average molecular weight is 293 g/mol. The summed E-state index contributed by atoms with van der Waals surface area (Å²) in [4.78, 5) is 38.7. The maximum absolute atomic E-state index is 11.8. The monoisotopic (exact) mass is 293 g/mol. The summed E-state index contributed by atoms with van der Waals surface area (Å²) in [6.07, 6.45) is 2.09. The van der Waals surface area contributed by atoms with Crippen LogP contribution in [0, 0.1) is 6.92 Å². The quantitative estimate of drug-likeness (QED) is 0.726. The third-order valence-electron chi connectivity index (χ3n) is 3.47. The number of rotatable bonds is 7. The van der Waals surface area contributed by atoms with Crippen molar-refractivity contribution in [2.45, 2.75) is 39.0 Å². The summed E-state index contributed by atoms with van der Waals surface area (Å²) in [6.45, 7) is 3.60. The SMILES string of the molecule is Cc1ccc(C(=O)CCC(=O)CCC(=O)N2CCC2)s1. The molecule has 0 N–H and O–H groups in total. The van der Waals surface area contributed by atoms with Crippen LogP contribution in [-0.4, -0.2) is 35.5 Å². The number of likely N-dealkylation sites (tertiary alicyclic amines) is 1. The maximum atomic E-state index is 11.8. The van der Waals surface area contributed by atoms with Crippen molar-refractivity contribution in [1.82, 2.24) is 4.90 Å². The summed E-state index contributed by atoms with van der Waals surface area (Å²) in [5.41, 5.74) is 0. The smallest absolute Gasteiger partial charge is 0.223 e. The number of ketones is 2. The van der Waals surface area contributed by atoms with E-state index in [0.717, 1.165) is 24.4 Å². The lowest BCUT2D eigenvalue weighted by Gasteiger charge is -2.30. The second-order valence-corrected chi connectivity index (χ2v) is 6.39. The predicted molar refractivity (Wildman–Crippen MR) is 78.1 cm³/mol. The number of carbonyl (C=O) groups excluding carboxylic acids is 3. The molecule has 0 bridgehead atoms. The van der Waals surface area contributed by atoms with E-state index in [0.29, 0.717) is 4.88 Å². The average Bonchev–Trinajstić information content (AvgIpc) is 2.78. The Morgan fingerprint density at radius 2 is 1.80 bits per heavy atom. The van der Waals surface area contributed by atoms with Crippen molar-refractivity contribution in [1.29, 1.82) is 0 Å². The van der Waals surface area contributed by atoms with Crippen molar-refractivity contribution in [2.75, 3.05) is 13.1 Å². The van der Waals surface area contributed by atoms with E-state index in [2.05, 4.69) is 0 Å². The van der Waals surface area contributed by atoms with Gasteiger partial charge in [-0.2, -0.15) is 0 Å². The highest BCUT2D eigenvalue weighted by Crippen LogP contribution is 2.18. The molecule has 4 nitrogen and oxygen atoms in total. The molecule has 1 amide bonds. The fraction of sp³-hybridized carbons (Fsp3) is 0.533. The van der Waals surface area contributed by atoms with Gasteiger partial charge in [0.2, 0.25) is 5.91 Å². The summed E-state index contributed by atoms with van der Waals surface area (Å²) in [6, 6.07) is 3.71. The lowest BCUT2D eigenvalue weighted by Crippen LogP contribution is -2.42. The minimum absolute atomic E-state index is 0.000464. The predicted octanol–water partition coefficient (Wildman–Crippen LogP) is 2.60. The van der Waals surface area contributed by atoms with E-state index in [9.17, 15) is 14.4 Å². The van der Waals surface area contributed by atoms with E-state index in [-0.39, 0.29) is 43.2 Å². The van der Waals surface area contributed by atoms with Crippen LogP contribution in [0.5, 0.6) is 0 Å². The molecule has 1 aromatic rings. The first-order valence-corrected chi connectivity index (χ1v) is 7.77. The summed E-state index contributed by atoms with van der Waals surface area (Å²) < 4.78 is 0. The van der Waals surface area contributed by atoms with E-state index >= 15 is 0 Å². The molecule has 0 spiro atoms. The molecule has 108 valence electrons. The normalized spacial score (nSPS) is 13.9. The van der Waals surface area contributed by atoms with E-state index < -0.39 is 0 Å². The molecule has 0 atom stereocenters. The zero-order chi connectivity index (χ0) is 14.5. The molecule has 0 saturated carbocycles. The summed E-state index contributed by atoms with van der Waals surface area (Å²) >= 11 is 1.46. The summed E-state index contributed by atoms with van der Waals surface area (Å²) in [7, 11) is 0. The van der Waals surface area contributed by atoms with E-state index in [1.54, 1.807) is 11.0 Å². The lowest BCUT2D eigenvalue weighted by atomic mass is 10.1. The van der Waals surface area contributed by atoms with Crippen molar-refractivity contribution in [3.05, 3.63) is 21.9 Å². The van der Waals surface area contributed by atoms with Crippen LogP contribution in [0.1, 0.15) is 46.7 Å². The molecule has 1 aliphatic heterocycles. The molecule has 2 rings (SSSR count). The van der Waals surface area contributed by atoms with Crippen molar-refractivity contribution >= 4 is 28.8 Å². The van der Waals surface area contributed by atoms with Crippen LogP contribution in [-0.2, 0) is 9.59 Å². The molecule has 0 aliphatic carbocycles. The molecule has 5 heteroatoms. The molecule has 1 saturated heterocycles. The van der Waals surface area contributed by atoms with Crippen LogP contribution in [0.25, 0.3) is 0 Å². The molecule has 1 aliphatic rings. The first-order chi connectivity index (χ1) is 9.56. The van der Waals surface area contributed by atoms with E-state index in [1.165, 1.54) is 11.3 Å². The topological polar surface area (TPSA) is 54.5 Å². The van der Waals surface area contributed by atoms with Gasteiger partial charge in [-0.3, -0.25) is 14.4 Å². The number of carbonyl (C=O) groups is 3. The van der Waals surface area contributed by atoms with Gasteiger partial charge in [0.15, 0.2) is 5.78 Å². The minimum atomic E-state index is 0.000464. The summed E-state index contributed by atoms with van der Waals surface area (Å²) in [5, 5.41) is 0. The molecular formula is C15H19NO3S. The van der Waals surface area contributed by atoms with E-state index in [4.69, 9.17) is 0 Å². The number of thiophene rings is 1. The van der Waals surface area contributed by atoms with Gasteiger partial charge >= 0.3 is 0 Å². The molecule has 1 fully saturated rings. The van der Waals surface area contributed by atoms with Gasteiger partial charge in [-0.05, 0) is 25.5 Å². The Morgan fingerprint density at radius 1 is 1.10 bits per heavy atom. The van der Waals surface area contributed by atoms with Crippen LogP contribution >= 0.6 is 11.3 Å². The highest BCUT2D eigenvalue weighted by atomic mass is 32.1. The molecule has 0 aromatic carbocycles. The highest BCUT2D eigenvalue weighted by Gasteiger charge is 2.20. The molecule has 2 heterocycles. The lowest BCUT2D eigenvalue weighted by molar-refractivity contribution is -0.136. The summed E-state index contributed by atoms with van der Waals surface area (Å²) in [5.74, 6) is 0.0795. The first kappa shape index (κ1) is 14.9. The standard InChI is InChI=1S/C15H19NO3S/c1-11-3-7-14(20-11)13(18)6-4-12(17)5-8-15(19)16-9-2-10-16/h3,7H,2,4-6,8-10H2,1H3. The van der Waals surface area contributed by atoms with Gasteiger partial charge in [-0.1, -0.05) is 0 Å². The largest absolute Gasteiger partial charge is 0.343 e. The van der Waals surface area contributed by atoms with Gasteiger partial charge in [0.05, 0.1) is 4.88 Å². The Morgan fingerprint density at radius 3 is 2.35 bits per heavy atom. The second kappa shape index (κ2) is 6.79. The molecule has 0 unspecified atom stereocenters. The third-order valence-corrected chi connectivity index (χ3v) is 4.51. The van der Waals surface area contributed by atoms with Crippen molar-refractivity contribution in [2.24, 2.45) is 0 Å². The zero-order valence-corrected chi connectivity index (χ0v) is 12.5. The van der Waals surface area contributed by atoms with E-state index in [1.807, 2.05) is 13.0 Å². The van der Waals surface area contributed by atoms with Crippen LogP contribution in [0.15, 0.2) is 12.1 Å². The minimum Gasteiger partial charge on any atom is -0.343 e. The highest BCUT2D eigenvalue weighted by molar-refractivity contribution is 7.14. The number of hydrogen-bond acceptors (Lipinski definition) is 4. The Hall–Kier alpha value is -1.49. The number of hydrogen-bond donors (Lipinski definition) is 0. The molecule has 1 aromatic heterocycles.